The van der Waals surface area contributed by atoms with Crippen LogP contribution in [-0.2, 0) is 11.2 Å². The lowest BCUT2D eigenvalue weighted by molar-refractivity contribution is 0.174. The zero-order chi connectivity index (χ0) is 21.3. The molecule has 31 heavy (non-hydrogen) atoms. The van der Waals surface area contributed by atoms with Gasteiger partial charge >= 0.3 is 0 Å². The van der Waals surface area contributed by atoms with Crippen LogP contribution in [0.4, 0.5) is 5.69 Å². The van der Waals surface area contributed by atoms with Crippen LogP contribution in [0.15, 0.2) is 41.4 Å². The fraction of sp³-hybridized carbons (Fsp3) is 0.435. The molecule has 8 heteroatoms. The molecule has 2 aromatic carbocycles. The Balaban J connectivity index is 1.37. The smallest absolute Gasteiger partial charge is 0.231 e. The summed E-state index contributed by atoms with van der Waals surface area (Å²) in [4.78, 5) is 4.67. The molecule has 0 amide bonds. The first-order chi connectivity index (χ1) is 15.3. The molecule has 4 rings (SSSR count). The van der Waals surface area contributed by atoms with Crippen molar-refractivity contribution in [3.8, 4) is 23.0 Å². The van der Waals surface area contributed by atoms with Crippen molar-refractivity contribution in [2.75, 3.05) is 52.1 Å². The molecule has 2 aliphatic heterocycles. The average Bonchev–Trinajstić information content (AvgIpc) is 3.13. The summed E-state index contributed by atoms with van der Waals surface area (Å²) in [5.74, 6) is 3.84. The Labute approximate surface area is 182 Å². The molecule has 2 N–H and O–H groups in total. The summed E-state index contributed by atoms with van der Waals surface area (Å²) in [6.45, 7) is 3.68. The van der Waals surface area contributed by atoms with Crippen LogP contribution in [0.3, 0.4) is 0 Å². The number of methoxy groups -OCH3 is 1. The standard InChI is InChI=1S/C23H29N3O5/c1-27-11-2-9-24-23(25-10-8-17-4-6-20-21(14-17)31-16-30-20)26-18-5-7-19-22(15-18)29-13-3-12-28-19/h4-7,14-15H,2-3,8-13,16H2,1H3,(H2,24,25,26). The second-order valence-electron chi connectivity index (χ2n) is 7.28. The zero-order valence-electron chi connectivity index (χ0n) is 17.8. The lowest BCUT2D eigenvalue weighted by Crippen LogP contribution is -2.32. The van der Waals surface area contributed by atoms with Crippen LogP contribution in [0.1, 0.15) is 18.4 Å². The molecular weight excluding hydrogens is 398 g/mol. The van der Waals surface area contributed by atoms with Gasteiger partial charge in [0.1, 0.15) is 0 Å². The predicted octanol–water partition coefficient (Wildman–Crippen LogP) is 3.21. The van der Waals surface area contributed by atoms with Gasteiger partial charge in [0.25, 0.3) is 0 Å². The van der Waals surface area contributed by atoms with Crippen LogP contribution in [-0.4, -0.2) is 52.8 Å². The number of benzene rings is 2. The number of fused-ring (bicyclic) bond motifs is 2. The molecule has 0 aliphatic carbocycles. The molecule has 0 bridgehead atoms. The summed E-state index contributed by atoms with van der Waals surface area (Å²) in [5.41, 5.74) is 2.07. The van der Waals surface area contributed by atoms with E-state index in [1.54, 1.807) is 7.11 Å². The highest BCUT2D eigenvalue weighted by Gasteiger charge is 2.14. The monoisotopic (exact) mass is 427 g/mol. The van der Waals surface area contributed by atoms with E-state index >= 15 is 0 Å². The zero-order valence-corrected chi connectivity index (χ0v) is 17.8. The summed E-state index contributed by atoms with van der Waals surface area (Å²) >= 11 is 0. The second kappa shape index (κ2) is 10.8. The molecule has 0 aromatic heterocycles. The molecule has 2 aromatic rings. The van der Waals surface area contributed by atoms with E-state index in [0.717, 1.165) is 54.5 Å². The fourth-order valence-corrected chi connectivity index (χ4v) is 3.34. The lowest BCUT2D eigenvalue weighted by Gasteiger charge is -2.15. The van der Waals surface area contributed by atoms with Gasteiger partial charge in [0.05, 0.1) is 13.2 Å². The Morgan fingerprint density at radius 3 is 2.65 bits per heavy atom. The first-order valence-electron chi connectivity index (χ1n) is 10.6. The van der Waals surface area contributed by atoms with E-state index in [1.807, 2.05) is 30.3 Å². The molecule has 166 valence electrons. The largest absolute Gasteiger partial charge is 0.490 e. The number of guanidine groups is 1. The summed E-state index contributed by atoms with van der Waals surface area (Å²) in [6.07, 6.45) is 2.56. The Kier molecular flexibility index (Phi) is 7.33. The Morgan fingerprint density at radius 2 is 1.74 bits per heavy atom. The number of aliphatic imine (C=N–C) groups is 1. The van der Waals surface area contributed by atoms with E-state index in [9.17, 15) is 0 Å². The molecule has 0 unspecified atom stereocenters. The molecule has 2 heterocycles. The van der Waals surface area contributed by atoms with Gasteiger partial charge < -0.3 is 34.3 Å². The van der Waals surface area contributed by atoms with Crippen LogP contribution in [0.25, 0.3) is 0 Å². The highest BCUT2D eigenvalue weighted by Crippen LogP contribution is 2.33. The maximum absolute atomic E-state index is 5.80. The highest BCUT2D eigenvalue weighted by molar-refractivity contribution is 5.94. The first-order valence-corrected chi connectivity index (χ1v) is 10.6. The van der Waals surface area contributed by atoms with Crippen molar-refractivity contribution in [3.63, 3.8) is 0 Å². The number of rotatable bonds is 8. The van der Waals surface area contributed by atoms with Crippen molar-refractivity contribution in [3.05, 3.63) is 42.0 Å². The average molecular weight is 428 g/mol. The molecule has 0 saturated carbocycles. The quantitative estimate of drug-likeness (QED) is 0.380. The van der Waals surface area contributed by atoms with Gasteiger partial charge in [0.15, 0.2) is 29.0 Å². The van der Waals surface area contributed by atoms with Crippen LogP contribution >= 0.6 is 0 Å². The normalized spacial score (nSPS) is 14.8. The predicted molar refractivity (Wildman–Crippen MR) is 119 cm³/mol. The minimum atomic E-state index is 0.286. The molecule has 0 saturated heterocycles. The van der Waals surface area contributed by atoms with E-state index in [2.05, 4.69) is 21.7 Å². The van der Waals surface area contributed by atoms with E-state index in [0.29, 0.717) is 32.3 Å². The van der Waals surface area contributed by atoms with Gasteiger partial charge in [-0.3, -0.25) is 4.99 Å². The summed E-state index contributed by atoms with van der Waals surface area (Å²) in [5, 5.41) is 6.78. The summed E-state index contributed by atoms with van der Waals surface area (Å²) in [7, 11) is 1.70. The number of hydrogen-bond acceptors (Lipinski definition) is 6. The van der Waals surface area contributed by atoms with Gasteiger partial charge in [-0.2, -0.15) is 0 Å². The summed E-state index contributed by atoms with van der Waals surface area (Å²) < 4.78 is 27.5. The molecular formula is C23H29N3O5. The molecule has 0 fully saturated rings. The molecule has 0 radical (unpaired) electrons. The Bertz CT molecular complexity index is 903. The van der Waals surface area contributed by atoms with Crippen LogP contribution < -0.4 is 29.6 Å². The van der Waals surface area contributed by atoms with Gasteiger partial charge in [-0.25, -0.2) is 0 Å². The van der Waals surface area contributed by atoms with E-state index < -0.39 is 0 Å². The van der Waals surface area contributed by atoms with Crippen molar-refractivity contribution < 1.29 is 23.7 Å². The Morgan fingerprint density at radius 1 is 0.968 bits per heavy atom. The van der Waals surface area contributed by atoms with E-state index in [4.69, 9.17) is 23.7 Å². The lowest BCUT2D eigenvalue weighted by atomic mass is 10.1. The molecule has 8 nitrogen and oxygen atoms in total. The molecule has 2 aliphatic rings. The van der Waals surface area contributed by atoms with Crippen molar-refractivity contribution in [1.29, 1.82) is 0 Å². The number of anilines is 1. The number of nitrogens with one attached hydrogen (secondary N) is 2. The molecule has 0 atom stereocenters. The van der Waals surface area contributed by atoms with Crippen molar-refractivity contribution >= 4 is 11.6 Å². The fourth-order valence-electron chi connectivity index (χ4n) is 3.34. The van der Waals surface area contributed by atoms with Gasteiger partial charge in [0.2, 0.25) is 6.79 Å². The van der Waals surface area contributed by atoms with E-state index in [1.165, 1.54) is 5.56 Å². The molecule has 0 spiro atoms. The number of ether oxygens (including phenoxy) is 5. The van der Waals surface area contributed by atoms with Crippen molar-refractivity contribution in [2.24, 2.45) is 4.99 Å². The minimum absolute atomic E-state index is 0.286. The van der Waals surface area contributed by atoms with Crippen LogP contribution in [0.2, 0.25) is 0 Å². The van der Waals surface area contributed by atoms with Crippen molar-refractivity contribution in [1.82, 2.24) is 5.32 Å². The third kappa shape index (κ3) is 5.95. The third-order valence-electron chi connectivity index (χ3n) is 4.93. The van der Waals surface area contributed by atoms with Crippen molar-refractivity contribution in [2.45, 2.75) is 19.3 Å². The topological polar surface area (TPSA) is 82.6 Å². The first kappa shape index (κ1) is 21.1. The van der Waals surface area contributed by atoms with Gasteiger partial charge in [-0.05, 0) is 42.7 Å². The van der Waals surface area contributed by atoms with E-state index in [-0.39, 0.29) is 6.79 Å². The van der Waals surface area contributed by atoms with Gasteiger partial charge in [0, 0.05) is 45.0 Å². The van der Waals surface area contributed by atoms with Crippen LogP contribution in [0.5, 0.6) is 23.0 Å². The summed E-state index contributed by atoms with van der Waals surface area (Å²) in [6, 6.07) is 11.9. The number of hydrogen-bond donors (Lipinski definition) is 2. The van der Waals surface area contributed by atoms with Crippen LogP contribution in [0, 0.1) is 0 Å². The minimum Gasteiger partial charge on any atom is -0.490 e. The number of nitrogens with zero attached hydrogens (tertiary/aromatic N) is 1. The van der Waals surface area contributed by atoms with Gasteiger partial charge in [-0.1, -0.05) is 6.07 Å². The highest BCUT2D eigenvalue weighted by atomic mass is 16.7. The van der Waals surface area contributed by atoms with Gasteiger partial charge in [-0.15, -0.1) is 0 Å². The third-order valence-corrected chi connectivity index (χ3v) is 4.93. The second-order valence-corrected chi connectivity index (χ2v) is 7.28. The SMILES string of the molecule is COCCCN=C(NCCc1ccc2c(c1)OCO2)Nc1ccc2c(c1)OCCCO2. The maximum Gasteiger partial charge on any atom is 0.231 e. The Hall–Kier alpha value is -3.13. The maximum atomic E-state index is 5.80.